The number of hydrogen-bond acceptors (Lipinski definition) is 0. The van der Waals surface area contributed by atoms with Crippen molar-refractivity contribution in [3.05, 3.63) is 29.8 Å². The van der Waals surface area contributed by atoms with Crippen LogP contribution >= 0.6 is 0 Å². The monoisotopic (exact) mass is 216 g/mol. The summed E-state index contributed by atoms with van der Waals surface area (Å²) in [5.74, 6) is 2.71. The van der Waals surface area contributed by atoms with Crippen molar-refractivity contribution in [2.75, 3.05) is 0 Å². The van der Waals surface area contributed by atoms with Crippen molar-refractivity contribution < 1.29 is 0 Å². The molecular weight excluding hydrogens is 196 g/mol. The van der Waals surface area contributed by atoms with Gasteiger partial charge in [0.05, 0.1) is 8.07 Å². The van der Waals surface area contributed by atoms with E-state index in [4.69, 9.17) is 6.42 Å². The van der Waals surface area contributed by atoms with Crippen molar-refractivity contribution in [2.45, 2.75) is 38.9 Å². The summed E-state index contributed by atoms with van der Waals surface area (Å²) in [4.78, 5) is 0. The Balaban J connectivity index is 2.83. The summed E-state index contributed by atoms with van der Waals surface area (Å²) in [6.45, 7) is 7.19. The average molecular weight is 216 g/mol. The highest BCUT2D eigenvalue weighted by Crippen LogP contribution is 2.09. The summed E-state index contributed by atoms with van der Waals surface area (Å²) >= 11 is 0. The number of hydrogen-bond donors (Lipinski definition) is 0. The molecule has 0 fully saturated rings. The zero-order chi connectivity index (χ0) is 11.3. The second-order valence-corrected chi connectivity index (χ2v) is 10.0. The van der Waals surface area contributed by atoms with E-state index in [1.54, 1.807) is 5.19 Å². The van der Waals surface area contributed by atoms with Gasteiger partial charge in [-0.1, -0.05) is 49.1 Å². The van der Waals surface area contributed by atoms with E-state index in [9.17, 15) is 0 Å². The molecule has 0 bridgehead atoms. The molecule has 0 N–H and O–H groups in total. The number of benzene rings is 1. The number of unbranched alkanes of at least 4 members (excludes halogenated alkanes) is 1. The standard InChI is InChI=1S/C14H20Si/c1-5-6-7-10-13-11-8-9-12-14(13)15(2,3)4/h1,8-9,11-12H,6-7,10H2,2-4H3. The summed E-state index contributed by atoms with van der Waals surface area (Å²) < 4.78 is 0. The zero-order valence-electron chi connectivity index (χ0n) is 10.0. The van der Waals surface area contributed by atoms with Gasteiger partial charge in [-0.2, -0.15) is 0 Å². The molecule has 0 aliphatic carbocycles. The third kappa shape index (κ3) is 3.57. The minimum atomic E-state index is -1.19. The third-order valence-electron chi connectivity index (χ3n) is 2.59. The Hall–Kier alpha value is -1.00. The highest BCUT2D eigenvalue weighted by molar-refractivity contribution is 6.89. The van der Waals surface area contributed by atoms with Crippen LogP contribution in [-0.4, -0.2) is 8.07 Å². The van der Waals surface area contributed by atoms with Crippen molar-refractivity contribution in [3.63, 3.8) is 0 Å². The van der Waals surface area contributed by atoms with E-state index in [2.05, 4.69) is 49.8 Å². The Labute approximate surface area is 94.7 Å². The fraction of sp³-hybridized carbons (Fsp3) is 0.429. The van der Waals surface area contributed by atoms with Crippen molar-refractivity contribution in [3.8, 4) is 12.3 Å². The van der Waals surface area contributed by atoms with Crippen LogP contribution in [0.15, 0.2) is 24.3 Å². The SMILES string of the molecule is C#CCCCc1ccccc1[Si](C)(C)C. The minimum Gasteiger partial charge on any atom is -0.120 e. The van der Waals surface area contributed by atoms with Crippen molar-refractivity contribution in [2.24, 2.45) is 0 Å². The summed E-state index contributed by atoms with van der Waals surface area (Å²) in [7, 11) is -1.19. The number of aryl methyl sites for hydroxylation is 1. The zero-order valence-corrected chi connectivity index (χ0v) is 11.0. The third-order valence-corrected chi connectivity index (χ3v) is 4.70. The van der Waals surface area contributed by atoms with Crippen LogP contribution in [0, 0.1) is 12.3 Å². The van der Waals surface area contributed by atoms with Gasteiger partial charge in [-0.05, 0) is 18.4 Å². The Kier molecular flexibility index (Phi) is 4.17. The van der Waals surface area contributed by atoms with E-state index in [1.807, 2.05) is 0 Å². The molecule has 1 aromatic carbocycles. The first-order valence-electron chi connectivity index (χ1n) is 5.57. The average Bonchev–Trinajstić information content (AvgIpc) is 2.17. The molecule has 1 rings (SSSR count). The summed E-state index contributed by atoms with van der Waals surface area (Å²) in [5.41, 5.74) is 1.51. The molecule has 0 aliphatic rings. The first-order chi connectivity index (χ1) is 7.05. The lowest BCUT2D eigenvalue weighted by atomic mass is 10.1. The minimum absolute atomic E-state index is 0.889. The van der Waals surface area contributed by atoms with Gasteiger partial charge in [0.2, 0.25) is 0 Å². The van der Waals surface area contributed by atoms with Crippen LogP contribution < -0.4 is 5.19 Å². The molecule has 0 saturated carbocycles. The van der Waals surface area contributed by atoms with Gasteiger partial charge in [0.15, 0.2) is 0 Å². The van der Waals surface area contributed by atoms with Crippen LogP contribution in [0.25, 0.3) is 0 Å². The van der Waals surface area contributed by atoms with E-state index >= 15 is 0 Å². The first-order valence-corrected chi connectivity index (χ1v) is 9.07. The molecule has 0 radical (unpaired) electrons. The van der Waals surface area contributed by atoms with Gasteiger partial charge in [-0.25, -0.2) is 0 Å². The van der Waals surface area contributed by atoms with E-state index in [0.29, 0.717) is 0 Å². The molecule has 15 heavy (non-hydrogen) atoms. The molecule has 0 saturated heterocycles. The Morgan fingerprint density at radius 2 is 1.87 bits per heavy atom. The van der Waals surface area contributed by atoms with Gasteiger partial charge < -0.3 is 0 Å². The van der Waals surface area contributed by atoms with Crippen LogP contribution in [0.5, 0.6) is 0 Å². The highest BCUT2D eigenvalue weighted by atomic mass is 28.3. The van der Waals surface area contributed by atoms with E-state index in [0.717, 1.165) is 19.3 Å². The van der Waals surface area contributed by atoms with E-state index in [1.165, 1.54) is 5.56 Å². The smallest absolute Gasteiger partial charge is 0.0779 e. The van der Waals surface area contributed by atoms with Gasteiger partial charge >= 0.3 is 0 Å². The van der Waals surface area contributed by atoms with Crippen LogP contribution in [0.2, 0.25) is 19.6 Å². The van der Waals surface area contributed by atoms with Gasteiger partial charge in [0.1, 0.15) is 0 Å². The molecule has 1 aromatic rings. The van der Waals surface area contributed by atoms with E-state index in [-0.39, 0.29) is 0 Å². The Bertz CT molecular complexity index is 352. The summed E-state index contributed by atoms with van der Waals surface area (Å²) in [6, 6.07) is 8.83. The molecule has 0 aliphatic heterocycles. The Morgan fingerprint density at radius 1 is 1.20 bits per heavy atom. The molecule has 80 valence electrons. The summed E-state index contributed by atoms with van der Waals surface area (Å²) in [5, 5.41) is 1.59. The van der Waals surface area contributed by atoms with Crippen LogP contribution in [0.4, 0.5) is 0 Å². The largest absolute Gasteiger partial charge is 0.120 e. The van der Waals surface area contributed by atoms with Crippen molar-refractivity contribution in [1.82, 2.24) is 0 Å². The first kappa shape index (κ1) is 12.1. The Morgan fingerprint density at radius 3 is 2.47 bits per heavy atom. The lowest BCUT2D eigenvalue weighted by molar-refractivity contribution is 0.861. The maximum absolute atomic E-state index is 5.28. The molecule has 1 heteroatoms. The summed E-state index contributed by atoms with van der Waals surface area (Å²) in [6.07, 6.45) is 8.40. The molecular formula is C14H20Si. The predicted octanol–water partition coefficient (Wildman–Crippen LogP) is 3.19. The lowest BCUT2D eigenvalue weighted by Gasteiger charge is -2.20. The normalized spacial score (nSPS) is 11.1. The predicted molar refractivity (Wildman–Crippen MR) is 71.2 cm³/mol. The van der Waals surface area contributed by atoms with Gasteiger partial charge in [-0.15, -0.1) is 12.3 Å². The van der Waals surface area contributed by atoms with Crippen LogP contribution in [-0.2, 0) is 6.42 Å². The molecule has 0 aromatic heterocycles. The fourth-order valence-electron chi connectivity index (χ4n) is 1.85. The molecule has 0 unspecified atom stereocenters. The number of rotatable bonds is 4. The van der Waals surface area contributed by atoms with Gasteiger partial charge in [0, 0.05) is 6.42 Å². The van der Waals surface area contributed by atoms with Crippen LogP contribution in [0.1, 0.15) is 18.4 Å². The second kappa shape index (κ2) is 5.18. The molecule has 0 nitrogen and oxygen atoms in total. The maximum Gasteiger partial charge on any atom is 0.0779 e. The van der Waals surface area contributed by atoms with Crippen molar-refractivity contribution in [1.29, 1.82) is 0 Å². The van der Waals surface area contributed by atoms with Crippen molar-refractivity contribution >= 4 is 13.3 Å². The van der Waals surface area contributed by atoms with Crippen LogP contribution in [0.3, 0.4) is 0 Å². The second-order valence-electron chi connectivity index (χ2n) is 4.96. The van der Waals surface area contributed by atoms with Gasteiger partial charge in [0.25, 0.3) is 0 Å². The highest BCUT2D eigenvalue weighted by Gasteiger charge is 2.18. The molecule has 0 amide bonds. The fourth-order valence-corrected chi connectivity index (χ4v) is 3.62. The maximum atomic E-state index is 5.28. The van der Waals surface area contributed by atoms with Gasteiger partial charge in [-0.3, -0.25) is 0 Å². The number of terminal acetylenes is 1. The quantitative estimate of drug-likeness (QED) is 0.412. The molecule has 0 atom stereocenters. The lowest BCUT2D eigenvalue weighted by Crippen LogP contribution is -2.40. The topological polar surface area (TPSA) is 0 Å². The molecule has 0 spiro atoms. The van der Waals surface area contributed by atoms with E-state index < -0.39 is 8.07 Å². The molecule has 0 heterocycles.